The maximum absolute atomic E-state index is 13.2. The van der Waals surface area contributed by atoms with Crippen LogP contribution in [0.5, 0.6) is 0 Å². The third-order valence-electron chi connectivity index (χ3n) is 6.03. The Morgan fingerprint density at radius 3 is 2.68 bits per heavy atom. The minimum absolute atomic E-state index is 0.0924. The molecule has 1 unspecified atom stereocenters. The number of nitrogens with zero attached hydrogens (tertiary/aromatic N) is 3. The van der Waals surface area contributed by atoms with Gasteiger partial charge in [0.15, 0.2) is 5.76 Å². The van der Waals surface area contributed by atoms with E-state index >= 15 is 0 Å². The van der Waals surface area contributed by atoms with Gasteiger partial charge in [-0.3, -0.25) is 4.79 Å². The number of sulfonamides is 1. The molecule has 4 aromatic rings. The number of anilines is 1. The van der Waals surface area contributed by atoms with Crippen molar-refractivity contribution >= 4 is 43.2 Å². The molecule has 0 aliphatic carbocycles. The minimum atomic E-state index is -3.80. The number of carbonyl (C=O) groups is 1. The van der Waals surface area contributed by atoms with Gasteiger partial charge in [-0.1, -0.05) is 29.4 Å². The Balaban J connectivity index is 1.37. The van der Waals surface area contributed by atoms with Crippen molar-refractivity contribution in [2.75, 3.05) is 18.4 Å². The van der Waals surface area contributed by atoms with E-state index < -0.39 is 15.9 Å². The van der Waals surface area contributed by atoms with E-state index in [0.717, 1.165) is 20.8 Å². The lowest BCUT2D eigenvalue weighted by Crippen LogP contribution is -2.44. The summed E-state index contributed by atoms with van der Waals surface area (Å²) in [4.78, 5) is 18.0. The highest BCUT2D eigenvalue weighted by atomic mass is 32.2. The van der Waals surface area contributed by atoms with Crippen LogP contribution in [0, 0.1) is 19.8 Å². The van der Waals surface area contributed by atoms with Crippen LogP contribution >= 0.6 is 11.3 Å². The number of hydrogen-bond acceptors (Lipinski definition) is 7. The summed E-state index contributed by atoms with van der Waals surface area (Å²) in [7, 11) is -3.80. The molecule has 1 atom stereocenters. The van der Waals surface area contributed by atoms with Crippen LogP contribution in [0.25, 0.3) is 20.8 Å². The summed E-state index contributed by atoms with van der Waals surface area (Å²) < 4.78 is 34.0. The van der Waals surface area contributed by atoms with Crippen molar-refractivity contribution in [3.05, 3.63) is 60.0 Å². The second kappa shape index (κ2) is 8.94. The summed E-state index contributed by atoms with van der Waals surface area (Å²) in [6.45, 7) is 3.66. The quantitative estimate of drug-likeness (QED) is 0.433. The number of piperidine rings is 1. The average molecular weight is 497 g/mol. The molecule has 1 fully saturated rings. The maximum Gasteiger partial charge on any atom is 0.248 e. The first-order chi connectivity index (χ1) is 16.3. The fourth-order valence-electron chi connectivity index (χ4n) is 4.35. The maximum atomic E-state index is 13.2. The second-order valence-electron chi connectivity index (χ2n) is 8.38. The monoisotopic (exact) mass is 496 g/mol. The predicted octanol–water partition coefficient (Wildman–Crippen LogP) is 4.61. The normalized spacial score (nSPS) is 17.2. The Kier molecular flexibility index (Phi) is 5.97. The summed E-state index contributed by atoms with van der Waals surface area (Å²) in [5, 5.41) is 7.63. The van der Waals surface area contributed by atoms with Crippen LogP contribution in [-0.4, -0.2) is 41.9 Å². The molecule has 0 saturated carbocycles. The zero-order valence-corrected chi connectivity index (χ0v) is 20.4. The van der Waals surface area contributed by atoms with E-state index in [2.05, 4.69) is 10.5 Å². The molecule has 0 radical (unpaired) electrons. The first-order valence-corrected chi connectivity index (χ1v) is 13.3. The molecule has 1 saturated heterocycles. The number of thiazole rings is 1. The summed E-state index contributed by atoms with van der Waals surface area (Å²) in [6.07, 6.45) is 1.21. The molecule has 34 heavy (non-hydrogen) atoms. The first kappa shape index (κ1) is 22.7. The highest BCUT2D eigenvalue weighted by molar-refractivity contribution is 7.89. The Morgan fingerprint density at radius 1 is 1.15 bits per heavy atom. The van der Waals surface area contributed by atoms with Crippen LogP contribution in [0.4, 0.5) is 5.69 Å². The second-order valence-corrected chi connectivity index (χ2v) is 11.3. The fraction of sp³-hybridized carbons (Fsp3) is 0.292. The lowest BCUT2D eigenvalue weighted by molar-refractivity contribution is -0.120. The van der Waals surface area contributed by atoms with Crippen molar-refractivity contribution in [1.29, 1.82) is 0 Å². The van der Waals surface area contributed by atoms with Gasteiger partial charge in [0.05, 0.1) is 21.8 Å². The van der Waals surface area contributed by atoms with Gasteiger partial charge in [0.1, 0.15) is 15.6 Å². The van der Waals surface area contributed by atoms with Gasteiger partial charge < -0.3 is 9.84 Å². The molecule has 1 aliphatic rings. The summed E-state index contributed by atoms with van der Waals surface area (Å²) in [6, 6.07) is 15.5. The van der Waals surface area contributed by atoms with Crippen molar-refractivity contribution in [1.82, 2.24) is 14.4 Å². The van der Waals surface area contributed by atoms with Crippen molar-refractivity contribution in [2.45, 2.75) is 31.6 Å². The third-order valence-corrected chi connectivity index (χ3v) is 9.21. The number of fused-ring (bicyclic) bond motifs is 1. The van der Waals surface area contributed by atoms with E-state index in [1.807, 2.05) is 48.5 Å². The van der Waals surface area contributed by atoms with Crippen LogP contribution < -0.4 is 5.32 Å². The van der Waals surface area contributed by atoms with Gasteiger partial charge in [0.25, 0.3) is 0 Å². The average Bonchev–Trinajstić information content (AvgIpc) is 3.42. The zero-order chi connectivity index (χ0) is 23.9. The molecule has 0 spiro atoms. The molecular formula is C24H24N4O4S2. The number of para-hydroxylation sites is 2. The van der Waals surface area contributed by atoms with Crippen LogP contribution in [-0.2, 0) is 14.8 Å². The van der Waals surface area contributed by atoms with Gasteiger partial charge in [-0.2, -0.15) is 4.31 Å². The Bertz CT molecular complexity index is 1420. The molecule has 0 bridgehead atoms. The topological polar surface area (TPSA) is 105 Å². The summed E-state index contributed by atoms with van der Waals surface area (Å²) in [5.74, 6) is -0.409. The number of benzene rings is 2. The molecule has 3 heterocycles. The van der Waals surface area contributed by atoms with Gasteiger partial charge in [0.2, 0.25) is 15.9 Å². The molecule has 176 valence electrons. The number of nitrogens with one attached hydrogen (secondary N) is 1. The number of amides is 1. The smallest absolute Gasteiger partial charge is 0.248 e. The van der Waals surface area contributed by atoms with Gasteiger partial charge in [-0.05, 0) is 51.0 Å². The molecular weight excluding hydrogens is 472 g/mol. The molecule has 2 aromatic heterocycles. The number of aryl methyl sites for hydroxylation is 2. The Labute approximate surface area is 201 Å². The number of rotatable bonds is 5. The van der Waals surface area contributed by atoms with Crippen molar-refractivity contribution in [2.24, 2.45) is 5.92 Å². The SMILES string of the molecule is Cc1noc(C)c1S(=O)(=O)N1CCCC(C(=O)Nc2ccccc2-c2nc3ccccc3s2)C1. The van der Waals surface area contributed by atoms with Crippen LogP contribution in [0.1, 0.15) is 24.3 Å². The van der Waals surface area contributed by atoms with E-state index in [4.69, 9.17) is 9.51 Å². The van der Waals surface area contributed by atoms with E-state index in [1.165, 1.54) is 4.31 Å². The Morgan fingerprint density at radius 2 is 1.91 bits per heavy atom. The highest BCUT2D eigenvalue weighted by Gasteiger charge is 2.36. The van der Waals surface area contributed by atoms with Crippen molar-refractivity contribution in [3.63, 3.8) is 0 Å². The standard InChI is InChI=1S/C24H24N4O4S2/c1-15-22(16(2)32-27-15)34(30,31)28-13-7-8-17(14-28)23(29)25-19-10-4-3-9-18(19)24-26-20-11-5-6-12-21(20)33-24/h3-6,9-12,17H,7-8,13-14H2,1-2H3,(H,25,29). The zero-order valence-electron chi connectivity index (χ0n) is 18.8. The number of hydrogen-bond donors (Lipinski definition) is 1. The van der Waals surface area contributed by atoms with E-state index in [0.29, 0.717) is 30.8 Å². The van der Waals surface area contributed by atoms with Gasteiger partial charge >= 0.3 is 0 Å². The number of aromatic nitrogens is 2. The highest BCUT2D eigenvalue weighted by Crippen LogP contribution is 2.35. The van der Waals surface area contributed by atoms with Gasteiger partial charge in [-0.25, -0.2) is 13.4 Å². The summed E-state index contributed by atoms with van der Waals surface area (Å²) >= 11 is 1.57. The van der Waals surface area contributed by atoms with Gasteiger partial charge in [0, 0.05) is 18.7 Å². The summed E-state index contributed by atoms with van der Waals surface area (Å²) in [5.41, 5.74) is 2.75. The van der Waals surface area contributed by atoms with Crippen LogP contribution in [0.3, 0.4) is 0 Å². The van der Waals surface area contributed by atoms with E-state index in [9.17, 15) is 13.2 Å². The lowest BCUT2D eigenvalue weighted by atomic mass is 9.98. The lowest BCUT2D eigenvalue weighted by Gasteiger charge is -2.31. The van der Waals surface area contributed by atoms with Crippen molar-refractivity contribution in [3.8, 4) is 10.6 Å². The van der Waals surface area contributed by atoms with Crippen molar-refractivity contribution < 1.29 is 17.7 Å². The number of carbonyl (C=O) groups excluding carboxylic acids is 1. The van der Waals surface area contributed by atoms with Crippen LogP contribution in [0.15, 0.2) is 57.9 Å². The van der Waals surface area contributed by atoms with E-state index in [1.54, 1.807) is 25.2 Å². The largest absolute Gasteiger partial charge is 0.360 e. The third kappa shape index (κ3) is 4.13. The van der Waals surface area contributed by atoms with Crippen LogP contribution in [0.2, 0.25) is 0 Å². The molecule has 10 heteroatoms. The molecule has 1 N–H and O–H groups in total. The van der Waals surface area contributed by atoms with E-state index in [-0.39, 0.29) is 23.1 Å². The van der Waals surface area contributed by atoms with Gasteiger partial charge in [-0.15, -0.1) is 11.3 Å². The predicted molar refractivity (Wildman–Crippen MR) is 131 cm³/mol. The molecule has 1 amide bonds. The Hall–Kier alpha value is -3.08. The molecule has 5 rings (SSSR count). The molecule has 8 nitrogen and oxygen atoms in total. The first-order valence-electron chi connectivity index (χ1n) is 11.0. The fourth-order valence-corrected chi connectivity index (χ4v) is 7.17. The molecule has 2 aromatic carbocycles. The minimum Gasteiger partial charge on any atom is -0.360 e. The molecule has 1 aliphatic heterocycles.